The molecule has 0 aromatic carbocycles. The lowest BCUT2D eigenvalue weighted by molar-refractivity contribution is -0.140. The number of amides is 2. The molecule has 32 heavy (non-hydrogen) atoms. The first-order chi connectivity index (χ1) is 15.7. The lowest BCUT2D eigenvalue weighted by atomic mass is 9.85. The number of aromatic nitrogens is 3. The number of hydrogen-bond acceptors (Lipinski definition) is 5. The fourth-order valence-corrected chi connectivity index (χ4v) is 5.13. The van der Waals surface area contributed by atoms with Gasteiger partial charge in [0.25, 0.3) is 0 Å². The van der Waals surface area contributed by atoms with Crippen LogP contribution >= 0.6 is 0 Å². The number of nitrogens with zero attached hydrogens (tertiary/aromatic N) is 5. The minimum absolute atomic E-state index is 0.0185. The Morgan fingerprint density at radius 1 is 1.16 bits per heavy atom. The first-order valence-corrected chi connectivity index (χ1v) is 11.1. The van der Waals surface area contributed by atoms with Crippen LogP contribution in [-0.2, 0) is 16.1 Å². The quantitative estimate of drug-likeness (QED) is 0.223. The number of carbonyl (C=O) groups excluding carboxylic acids is 2. The Morgan fingerprint density at radius 3 is 2.62 bits per heavy atom. The summed E-state index contributed by atoms with van der Waals surface area (Å²) in [5.41, 5.74) is 1.05. The number of nitrogens with one attached hydrogen (secondary N) is 2. The maximum atomic E-state index is 12.7. The highest BCUT2D eigenvalue weighted by molar-refractivity contribution is 6.06. The van der Waals surface area contributed by atoms with Crippen LogP contribution in [-0.4, -0.2) is 57.6 Å². The van der Waals surface area contributed by atoms with Crippen molar-refractivity contribution in [3.63, 3.8) is 0 Å². The molecular formula is C23H27N7O2. The molecule has 2 aromatic heterocycles. The smallest absolute Gasteiger partial charge is 0.233 e. The highest BCUT2D eigenvalue weighted by Gasteiger charge is 2.58. The van der Waals surface area contributed by atoms with Crippen molar-refractivity contribution < 1.29 is 9.59 Å². The van der Waals surface area contributed by atoms with Crippen LogP contribution in [0.5, 0.6) is 0 Å². The summed E-state index contributed by atoms with van der Waals surface area (Å²) < 4.78 is 1.72. The van der Waals surface area contributed by atoms with Crippen molar-refractivity contribution in [3.8, 4) is 5.82 Å². The first kappa shape index (κ1) is 20.4. The topological polar surface area (TPSA) is 105 Å². The number of imide groups is 1. The van der Waals surface area contributed by atoms with E-state index >= 15 is 0 Å². The van der Waals surface area contributed by atoms with Crippen LogP contribution in [0.2, 0.25) is 0 Å². The Balaban J connectivity index is 1.08. The van der Waals surface area contributed by atoms with Crippen molar-refractivity contribution in [1.29, 1.82) is 0 Å². The molecule has 2 fully saturated rings. The number of hydrogen-bond donors (Lipinski definition) is 2. The summed E-state index contributed by atoms with van der Waals surface area (Å²) in [6, 6.07) is 5.77. The molecule has 1 saturated carbocycles. The van der Waals surface area contributed by atoms with E-state index in [0.29, 0.717) is 32.0 Å². The maximum absolute atomic E-state index is 12.7. The largest absolute Gasteiger partial charge is 0.356 e. The summed E-state index contributed by atoms with van der Waals surface area (Å²) in [6.45, 7) is 1.65. The molecule has 3 heterocycles. The fraction of sp³-hybridized carbons (Fsp3) is 0.435. The highest BCUT2D eigenvalue weighted by Crippen LogP contribution is 2.52. The van der Waals surface area contributed by atoms with E-state index in [-0.39, 0.29) is 35.5 Å². The number of allylic oxidation sites excluding steroid dienone is 2. The maximum Gasteiger partial charge on any atom is 0.233 e. The van der Waals surface area contributed by atoms with E-state index in [2.05, 4.69) is 37.9 Å². The van der Waals surface area contributed by atoms with Gasteiger partial charge in [-0.2, -0.15) is 5.10 Å². The molecule has 4 atom stereocenters. The van der Waals surface area contributed by atoms with E-state index in [9.17, 15) is 9.59 Å². The summed E-state index contributed by atoms with van der Waals surface area (Å²) in [5.74, 6) is 1.74. The third kappa shape index (κ3) is 3.68. The molecule has 9 nitrogen and oxygen atoms in total. The zero-order valence-electron chi connectivity index (χ0n) is 18.0. The van der Waals surface area contributed by atoms with Gasteiger partial charge >= 0.3 is 0 Å². The molecule has 2 N–H and O–H groups in total. The predicted octanol–water partition coefficient (Wildman–Crippen LogP) is 1.13. The molecule has 0 spiro atoms. The monoisotopic (exact) mass is 433 g/mol. The fourth-order valence-electron chi connectivity index (χ4n) is 5.13. The SMILES string of the molecule is CN=C(NCCCN1C(=O)C2C3C=CC(C3)C2C1=O)NCc1ccnc(-n2cccn2)c1. The zero-order chi connectivity index (χ0) is 22.1. The summed E-state index contributed by atoms with van der Waals surface area (Å²) in [6.07, 6.45) is 11.2. The van der Waals surface area contributed by atoms with Crippen molar-refractivity contribution in [2.45, 2.75) is 19.4 Å². The number of likely N-dealkylation sites (tertiary alicyclic amines) is 1. The Labute approximate surface area is 186 Å². The third-order valence-corrected chi connectivity index (χ3v) is 6.65. The van der Waals surface area contributed by atoms with Gasteiger partial charge < -0.3 is 10.6 Å². The second kappa shape index (κ2) is 8.57. The Bertz CT molecular complexity index is 1030. The van der Waals surface area contributed by atoms with Crippen LogP contribution in [0.25, 0.3) is 5.82 Å². The number of rotatable bonds is 7. The van der Waals surface area contributed by atoms with Crippen molar-refractivity contribution in [3.05, 3.63) is 54.5 Å². The third-order valence-electron chi connectivity index (χ3n) is 6.65. The van der Waals surface area contributed by atoms with E-state index in [1.54, 1.807) is 24.1 Å². The van der Waals surface area contributed by atoms with Gasteiger partial charge in [-0.05, 0) is 48.4 Å². The molecule has 1 saturated heterocycles. The van der Waals surface area contributed by atoms with Crippen molar-refractivity contribution >= 4 is 17.8 Å². The van der Waals surface area contributed by atoms with Gasteiger partial charge in [0.15, 0.2) is 11.8 Å². The summed E-state index contributed by atoms with van der Waals surface area (Å²) in [4.78, 5) is 35.6. The number of fused-ring (bicyclic) bond motifs is 5. The zero-order valence-corrected chi connectivity index (χ0v) is 18.0. The average Bonchev–Trinajstić information content (AvgIpc) is 3.60. The van der Waals surface area contributed by atoms with Crippen LogP contribution in [0, 0.1) is 23.7 Å². The van der Waals surface area contributed by atoms with Gasteiger partial charge in [0.2, 0.25) is 11.8 Å². The van der Waals surface area contributed by atoms with Crippen molar-refractivity contribution in [1.82, 2.24) is 30.3 Å². The van der Waals surface area contributed by atoms with Gasteiger partial charge in [-0.1, -0.05) is 12.2 Å². The van der Waals surface area contributed by atoms with Gasteiger partial charge in [-0.15, -0.1) is 0 Å². The minimum atomic E-state index is -0.119. The van der Waals surface area contributed by atoms with E-state index in [1.807, 2.05) is 24.4 Å². The predicted molar refractivity (Wildman–Crippen MR) is 119 cm³/mol. The van der Waals surface area contributed by atoms with E-state index in [0.717, 1.165) is 17.8 Å². The van der Waals surface area contributed by atoms with Crippen LogP contribution < -0.4 is 10.6 Å². The second-order valence-electron chi connectivity index (χ2n) is 8.51. The molecule has 2 aliphatic carbocycles. The molecule has 5 rings (SSSR count). The number of pyridine rings is 1. The minimum Gasteiger partial charge on any atom is -0.356 e. The molecule has 2 aromatic rings. The Hall–Kier alpha value is -3.49. The number of guanidine groups is 1. The van der Waals surface area contributed by atoms with Gasteiger partial charge in [-0.25, -0.2) is 9.67 Å². The van der Waals surface area contributed by atoms with Crippen molar-refractivity contribution in [2.75, 3.05) is 20.1 Å². The van der Waals surface area contributed by atoms with Crippen LogP contribution in [0.15, 0.2) is 53.9 Å². The van der Waals surface area contributed by atoms with E-state index in [4.69, 9.17) is 0 Å². The molecule has 0 radical (unpaired) electrons. The van der Waals surface area contributed by atoms with Crippen molar-refractivity contribution in [2.24, 2.45) is 28.7 Å². The molecule has 2 bridgehead atoms. The molecule has 1 aliphatic heterocycles. The molecule has 9 heteroatoms. The Morgan fingerprint density at radius 2 is 1.94 bits per heavy atom. The van der Waals surface area contributed by atoms with Crippen LogP contribution in [0.4, 0.5) is 0 Å². The summed E-state index contributed by atoms with van der Waals surface area (Å²) in [5, 5.41) is 10.7. The lowest BCUT2D eigenvalue weighted by Gasteiger charge is -2.18. The summed E-state index contributed by atoms with van der Waals surface area (Å²) in [7, 11) is 1.72. The average molecular weight is 434 g/mol. The summed E-state index contributed by atoms with van der Waals surface area (Å²) >= 11 is 0. The molecule has 2 amide bonds. The molecular weight excluding hydrogens is 406 g/mol. The Kier molecular flexibility index (Phi) is 5.46. The first-order valence-electron chi connectivity index (χ1n) is 11.1. The lowest BCUT2D eigenvalue weighted by Crippen LogP contribution is -2.39. The van der Waals surface area contributed by atoms with Gasteiger partial charge in [0.05, 0.1) is 11.8 Å². The standard InChI is InChI=1S/C23H27N7O2/c1-24-23(27-14-15-6-9-25-18(12-15)30-11-3-8-28-30)26-7-2-10-29-21(31)19-16-4-5-17(13-16)20(19)22(29)32/h3-6,8-9,11-12,16-17,19-20H,2,7,10,13-14H2,1H3,(H2,24,26,27). The number of aliphatic imine (C=N–C) groups is 1. The second-order valence-corrected chi connectivity index (χ2v) is 8.51. The van der Waals surface area contributed by atoms with E-state index in [1.165, 1.54) is 4.90 Å². The molecule has 166 valence electrons. The van der Waals surface area contributed by atoms with Crippen LogP contribution in [0.1, 0.15) is 18.4 Å². The highest BCUT2D eigenvalue weighted by atomic mass is 16.2. The van der Waals surface area contributed by atoms with Gasteiger partial charge in [0.1, 0.15) is 0 Å². The van der Waals surface area contributed by atoms with Crippen LogP contribution in [0.3, 0.4) is 0 Å². The van der Waals surface area contributed by atoms with Gasteiger partial charge in [0, 0.05) is 45.3 Å². The number of carbonyl (C=O) groups is 2. The molecule has 3 aliphatic rings. The van der Waals surface area contributed by atoms with Gasteiger partial charge in [-0.3, -0.25) is 19.5 Å². The molecule has 4 unspecified atom stereocenters. The van der Waals surface area contributed by atoms with E-state index < -0.39 is 0 Å². The normalized spacial score (nSPS) is 26.2.